The molecule has 2 aromatic heterocycles. The molecule has 0 N–H and O–H groups in total. The van der Waals surface area contributed by atoms with Crippen molar-refractivity contribution in [3.05, 3.63) is 82.9 Å². The number of hydrogen-bond donors (Lipinski definition) is 0. The lowest BCUT2D eigenvalue weighted by molar-refractivity contribution is 0.714. The zero-order valence-corrected chi connectivity index (χ0v) is 19.7. The summed E-state index contributed by atoms with van der Waals surface area (Å²) in [6.45, 7) is 0. The van der Waals surface area contributed by atoms with E-state index in [2.05, 4.69) is 47.8 Å². The SMILES string of the molecule is Cn1c(=O)c2c(-c3ccccc3)n(-c3cc(Br)c(Br)c(Br)c3)cc2n(C)c1=O. The highest BCUT2D eigenvalue weighted by Crippen LogP contribution is 2.36. The number of halogens is 3. The summed E-state index contributed by atoms with van der Waals surface area (Å²) < 4.78 is 7.24. The fraction of sp³-hybridized carbons (Fsp3) is 0.100. The molecular formula is C20H14Br3N3O2. The van der Waals surface area contributed by atoms with Crippen LogP contribution in [0.25, 0.3) is 27.8 Å². The Morgan fingerprint density at radius 2 is 1.46 bits per heavy atom. The highest BCUT2D eigenvalue weighted by molar-refractivity contribution is 9.14. The third kappa shape index (κ3) is 2.94. The fourth-order valence-corrected chi connectivity index (χ4v) is 4.70. The highest BCUT2D eigenvalue weighted by atomic mass is 79.9. The summed E-state index contributed by atoms with van der Waals surface area (Å²) in [5.41, 5.74) is 2.41. The molecule has 4 rings (SSSR count). The van der Waals surface area contributed by atoms with Crippen molar-refractivity contribution in [1.29, 1.82) is 0 Å². The zero-order chi connectivity index (χ0) is 20.2. The molecule has 0 bridgehead atoms. The van der Waals surface area contributed by atoms with E-state index in [0.717, 1.165) is 34.9 Å². The Hall–Kier alpha value is -1.90. The minimum atomic E-state index is -0.354. The van der Waals surface area contributed by atoms with E-state index in [1.54, 1.807) is 7.05 Å². The van der Waals surface area contributed by atoms with Crippen LogP contribution >= 0.6 is 47.8 Å². The molecule has 2 heterocycles. The number of aryl methyl sites for hydroxylation is 1. The molecule has 142 valence electrons. The Morgan fingerprint density at radius 3 is 2.07 bits per heavy atom. The third-order valence-electron chi connectivity index (χ3n) is 4.73. The van der Waals surface area contributed by atoms with Crippen molar-refractivity contribution in [2.45, 2.75) is 0 Å². The Morgan fingerprint density at radius 1 is 0.857 bits per heavy atom. The highest BCUT2D eigenvalue weighted by Gasteiger charge is 2.20. The quantitative estimate of drug-likeness (QED) is 0.321. The first kappa shape index (κ1) is 19.4. The second-order valence-corrected chi connectivity index (χ2v) is 8.90. The fourth-order valence-electron chi connectivity index (χ4n) is 3.31. The van der Waals surface area contributed by atoms with E-state index in [1.807, 2.05) is 53.2 Å². The molecule has 2 aromatic carbocycles. The molecule has 28 heavy (non-hydrogen) atoms. The van der Waals surface area contributed by atoms with Crippen LogP contribution in [0.2, 0.25) is 0 Å². The predicted molar refractivity (Wildman–Crippen MR) is 122 cm³/mol. The van der Waals surface area contributed by atoms with E-state index in [9.17, 15) is 9.59 Å². The van der Waals surface area contributed by atoms with E-state index in [4.69, 9.17) is 0 Å². The molecule has 8 heteroatoms. The third-order valence-corrected chi connectivity index (χ3v) is 7.90. The summed E-state index contributed by atoms with van der Waals surface area (Å²) in [5.74, 6) is 0. The van der Waals surface area contributed by atoms with Crippen LogP contribution in [0.4, 0.5) is 0 Å². The van der Waals surface area contributed by atoms with Gasteiger partial charge in [-0.3, -0.25) is 13.9 Å². The maximum absolute atomic E-state index is 13.0. The molecule has 0 amide bonds. The van der Waals surface area contributed by atoms with Crippen LogP contribution in [0, 0.1) is 0 Å². The van der Waals surface area contributed by atoms with Crippen LogP contribution in [0.15, 0.2) is 71.7 Å². The van der Waals surface area contributed by atoms with Gasteiger partial charge in [0.2, 0.25) is 0 Å². The number of aromatic nitrogens is 3. The molecular weight excluding hydrogens is 554 g/mol. The summed E-state index contributed by atoms with van der Waals surface area (Å²) in [4.78, 5) is 25.5. The monoisotopic (exact) mass is 565 g/mol. The first-order valence-electron chi connectivity index (χ1n) is 8.32. The molecule has 0 fully saturated rings. The van der Waals surface area contributed by atoms with Gasteiger partial charge >= 0.3 is 5.69 Å². The van der Waals surface area contributed by atoms with Crippen molar-refractivity contribution in [3.8, 4) is 16.9 Å². The molecule has 0 aliphatic rings. The first-order chi connectivity index (χ1) is 13.3. The minimum Gasteiger partial charge on any atom is -0.313 e. The summed E-state index contributed by atoms with van der Waals surface area (Å²) in [7, 11) is 3.18. The van der Waals surface area contributed by atoms with E-state index in [-0.39, 0.29) is 11.2 Å². The van der Waals surface area contributed by atoms with Gasteiger partial charge in [0.05, 0.1) is 16.6 Å². The summed E-state index contributed by atoms with van der Waals surface area (Å²) >= 11 is 10.6. The number of rotatable bonds is 2. The molecule has 0 spiro atoms. The minimum absolute atomic E-state index is 0.314. The standard InChI is InChI=1S/C20H14Br3N3O2/c1-24-15-10-26(12-8-13(21)17(23)14(22)9-12)18(11-6-4-3-5-7-11)16(15)19(27)25(2)20(24)28/h3-10H,1-2H3. The normalized spacial score (nSPS) is 11.3. The van der Waals surface area contributed by atoms with Crippen molar-refractivity contribution in [2.75, 3.05) is 0 Å². The lowest BCUT2D eigenvalue weighted by Gasteiger charge is -2.12. The van der Waals surface area contributed by atoms with Crippen molar-refractivity contribution in [1.82, 2.24) is 13.7 Å². The molecule has 0 atom stereocenters. The van der Waals surface area contributed by atoms with Crippen LogP contribution in [0.3, 0.4) is 0 Å². The Kier molecular flexibility index (Phi) is 4.97. The van der Waals surface area contributed by atoms with Crippen molar-refractivity contribution >= 4 is 58.7 Å². The number of nitrogens with zero attached hydrogens (tertiary/aromatic N) is 3. The number of hydrogen-bond acceptors (Lipinski definition) is 2. The maximum Gasteiger partial charge on any atom is 0.330 e. The van der Waals surface area contributed by atoms with Gasteiger partial charge in [0.15, 0.2) is 0 Å². The molecule has 0 aliphatic carbocycles. The molecule has 0 saturated carbocycles. The maximum atomic E-state index is 13.0. The second-order valence-electron chi connectivity index (χ2n) is 6.40. The van der Waals surface area contributed by atoms with Crippen LogP contribution in [-0.4, -0.2) is 13.7 Å². The Labute approximate surface area is 185 Å². The average Bonchev–Trinajstić information content (AvgIpc) is 3.10. The van der Waals surface area contributed by atoms with Crippen molar-refractivity contribution < 1.29 is 0 Å². The Balaban J connectivity index is 2.22. The summed E-state index contributed by atoms with van der Waals surface area (Å²) in [5, 5.41) is 0.506. The van der Waals surface area contributed by atoms with Gasteiger partial charge in [-0.1, -0.05) is 30.3 Å². The van der Waals surface area contributed by atoms with Gasteiger partial charge in [0, 0.05) is 39.4 Å². The number of fused-ring (bicyclic) bond motifs is 1. The topological polar surface area (TPSA) is 48.9 Å². The summed E-state index contributed by atoms with van der Waals surface area (Å²) in [6.07, 6.45) is 1.84. The van der Waals surface area contributed by atoms with Gasteiger partial charge in [-0.2, -0.15) is 0 Å². The van der Waals surface area contributed by atoms with Gasteiger partial charge in [-0.05, 0) is 65.5 Å². The van der Waals surface area contributed by atoms with E-state index < -0.39 is 0 Å². The molecule has 0 radical (unpaired) electrons. The lowest BCUT2D eigenvalue weighted by atomic mass is 10.1. The van der Waals surface area contributed by atoms with E-state index in [0.29, 0.717) is 10.9 Å². The van der Waals surface area contributed by atoms with Crippen LogP contribution in [0.1, 0.15) is 0 Å². The molecule has 0 aliphatic heterocycles. The summed E-state index contributed by atoms with van der Waals surface area (Å²) in [6, 6.07) is 13.6. The lowest BCUT2D eigenvalue weighted by Crippen LogP contribution is -2.36. The van der Waals surface area contributed by atoms with Gasteiger partial charge < -0.3 is 4.57 Å². The van der Waals surface area contributed by atoms with Crippen molar-refractivity contribution in [2.24, 2.45) is 14.1 Å². The van der Waals surface area contributed by atoms with Crippen molar-refractivity contribution in [3.63, 3.8) is 0 Å². The van der Waals surface area contributed by atoms with Crippen LogP contribution in [-0.2, 0) is 14.1 Å². The number of benzene rings is 2. The Bertz CT molecular complexity index is 1330. The molecule has 5 nitrogen and oxygen atoms in total. The van der Waals surface area contributed by atoms with E-state index in [1.165, 1.54) is 11.6 Å². The van der Waals surface area contributed by atoms with Gasteiger partial charge in [-0.25, -0.2) is 4.79 Å². The van der Waals surface area contributed by atoms with Gasteiger partial charge in [0.1, 0.15) is 0 Å². The van der Waals surface area contributed by atoms with Gasteiger partial charge in [0.25, 0.3) is 5.56 Å². The molecule has 0 saturated heterocycles. The second kappa shape index (κ2) is 7.17. The first-order valence-corrected chi connectivity index (χ1v) is 10.7. The molecule has 4 aromatic rings. The predicted octanol–water partition coefficient (Wildman–Crippen LogP) is 4.98. The van der Waals surface area contributed by atoms with Crippen LogP contribution in [0.5, 0.6) is 0 Å². The van der Waals surface area contributed by atoms with Gasteiger partial charge in [-0.15, -0.1) is 0 Å². The molecule has 0 unspecified atom stereocenters. The smallest absolute Gasteiger partial charge is 0.313 e. The van der Waals surface area contributed by atoms with E-state index >= 15 is 0 Å². The zero-order valence-electron chi connectivity index (χ0n) is 14.9. The van der Waals surface area contributed by atoms with Crippen LogP contribution < -0.4 is 11.2 Å². The average molecular weight is 568 g/mol. The largest absolute Gasteiger partial charge is 0.330 e.